The van der Waals surface area contributed by atoms with Crippen LogP contribution in [0.5, 0.6) is 0 Å². The predicted molar refractivity (Wildman–Crippen MR) is 77.8 cm³/mol. The average Bonchev–Trinajstić information content (AvgIpc) is 3.12. The molecular weight excluding hydrogens is 254 g/mol. The molecule has 2 rings (SSSR count). The molecule has 20 heavy (non-hydrogen) atoms. The molecular formula is C16H23NO3. The summed E-state index contributed by atoms with van der Waals surface area (Å²) < 4.78 is 10.6. The van der Waals surface area contributed by atoms with Crippen molar-refractivity contribution >= 4 is 6.09 Å². The highest BCUT2D eigenvalue weighted by Gasteiger charge is 2.34. The van der Waals surface area contributed by atoms with E-state index in [1.807, 2.05) is 20.8 Å². The summed E-state index contributed by atoms with van der Waals surface area (Å²) in [6.07, 6.45) is 0.471. The lowest BCUT2D eigenvalue weighted by Gasteiger charge is -2.23. The van der Waals surface area contributed by atoms with Crippen molar-refractivity contribution in [1.29, 1.82) is 0 Å². The van der Waals surface area contributed by atoms with Gasteiger partial charge in [-0.05, 0) is 39.7 Å². The van der Waals surface area contributed by atoms with Crippen molar-refractivity contribution in [2.45, 2.75) is 51.9 Å². The standard InChI is InChI=1S/C16H23NO3/c1-11-5-7-12(8-6-11)9-13(14-10-19-14)17-15(18)20-16(2,3)4/h5-8,13-14H,9-10H2,1-4H3,(H,17,18)/t13-,14+/m0/s1. The molecule has 1 aromatic rings. The number of nitrogens with one attached hydrogen (secondary N) is 1. The van der Waals surface area contributed by atoms with Gasteiger partial charge in [0.05, 0.1) is 12.6 Å². The lowest BCUT2D eigenvalue weighted by Crippen LogP contribution is -2.43. The van der Waals surface area contributed by atoms with Gasteiger partial charge in [-0.25, -0.2) is 4.79 Å². The fourth-order valence-corrected chi connectivity index (χ4v) is 2.00. The van der Waals surface area contributed by atoms with Gasteiger partial charge >= 0.3 is 6.09 Å². The molecule has 1 aliphatic heterocycles. The van der Waals surface area contributed by atoms with E-state index in [2.05, 4.69) is 36.5 Å². The molecule has 0 saturated carbocycles. The first-order chi connectivity index (χ1) is 9.33. The molecule has 1 saturated heterocycles. The molecule has 1 N–H and O–H groups in total. The zero-order valence-corrected chi connectivity index (χ0v) is 12.6. The monoisotopic (exact) mass is 277 g/mol. The van der Waals surface area contributed by atoms with E-state index in [1.54, 1.807) is 0 Å². The third-order valence-corrected chi connectivity index (χ3v) is 3.09. The summed E-state index contributed by atoms with van der Waals surface area (Å²) in [5, 5.41) is 2.91. The topological polar surface area (TPSA) is 50.9 Å². The molecule has 0 unspecified atom stereocenters. The number of epoxide rings is 1. The van der Waals surface area contributed by atoms with Gasteiger partial charge in [0, 0.05) is 0 Å². The van der Waals surface area contributed by atoms with Gasteiger partial charge in [0.2, 0.25) is 0 Å². The summed E-state index contributed by atoms with van der Waals surface area (Å²) in [7, 11) is 0. The number of rotatable bonds is 4. The molecule has 110 valence electrons. The lowest BCUT2D eigenvalue weighted by molar-refractivity contribution is 0.0495. The van der Waals surface area contributed by atoms with Crippen LogP contribution in [0.4, 0.5) is 4.79 Å². The van der Waals surface area contributed by atoms with Crippen molar-refractivity contribution in [3.05, 3.63) is 35.4 Å². The highest BCUT2D eigenvalue weighted by Crippen LogP contribution is 2.19. The number of carbonyl (C=O) groups is 1. The van der Waals surface area contributed by atoms with Crippen molar-refractivity contribution in [3.63, 3.8) is 0 Å². The van der Waals surface area contributed by atoms with Gasteiger partial charge in [-0.3, -0.25) is 0 Å². The van der Waals surface area contributed by atoms with E-state index >= 15 is 0 Å². The van der Waals surface area contributed by atoms with Crippen LogP contribution >= 0.6 is 0 Å². The minimum Gasteiger partial charge on any atom is -0.444 e. The van der Waals surface area contributed by atoms with Crippen molar-refractivity contribution in [2.24, 2.45) is 0 Å². The minimum atomic E-state index is -0.483. The maximum atomic E-state index is 11.9. The molecule has 0 bridgehead atoms. The van der Waals surface area contributed by atoms with Crippen LogP contribution in [-0.4, -0.2) is 30.4 Å². The Morgan fingerprint density at radius 3 is 2.50 bits per heavy atom. The van der Waals surface area contributed by atoms with Crippen molar-refractivity contribution in [3.8, 4) is 0 Å². The van der Waals surface area contributed by atoms with E-state index in [9.17, 15) is 4.79 Å². The van der Waals surface area contributed by atoms with Crippen LogP contribution in [0.15, 0.2) is 24.3 Å². The molecule has 4 heteroatoms. The largest absolute Gasteiger partial charge is 0.444 e. The van der Waals surface area contributed by atoms with E-state index in [0.717, 1.165) is 6.42 Å². The van der Waals surface area contributed by atoms with Gasteiger partial charge in [0.25, 0.3) is 0 Å². The quantitative estimate of drug-likeness (QED) is 0.861. The first-order valence-electron chi connectivity index (χ1n) is 7.00. The minimum absolute atomic E-state index is 0.0347. The lowest BCUT2D eigenvalue weighted by atomic mass is 10.0. The molecule has 0 aliphatic carbocycles. The summed E-state index contributed by atoms with van der Waals surface area (Å²) in [5.41, 5.74) is 1.93. The van der Waals surface area contributed by atoms with Gasteiger partial charge < -0.3 is 14.8 Å². The summed E-state index contributed by atoms with van der Waals surface area (Å²) in [6, 6.07) is 8.29. The maximum absolute atomic E-state index is 11.9. The van der Waals surface area contributed by atoms with Crippen LogP contribution in [0.1, 0.15) is 31.9 Å². The molecule has 2 atom stereocenters. The highest BCUT2D eigenvalue weighted by molar-refractivity contribution is 5.68. The summed E-state index contributed by atoms with van der Waals surface area (Å²) >= 11 is 0. The molecule has 0 radical (unpaired) electrons. The first-order valence-corrected chi connectivity index (χ1v) is 7.00. The smallest absolute Gasteiger partial charge is 0.407 e. The Balaban J connectivity index is 1.94. The van der Waals surface area contributed by atoms with Crippen molar-refractivity contribution in [2.75, 3.05) is 6.61 Å². The van der Waals surface area contributed by atoms with Gasteiger partial charge in [0.15, 0.2) is 0 Å². The van der Waals surface area contributed by atoms with Crippen LogP contribution in [0.3, 0.4) is 0 Å². The summed E-state index contributed by atoms with van der Waals surface area (Å²) in [6.45, 7) is 8.33. The van der Waals surface area contributed by atoms with Gasteiger partial charge in [-0.1, -0.05) is 29.8 Å². The fourth-order valence-electron chi connectivity index (χ4n) is 2.00. The van der Waals surface area contributed by atoms with E-state index in [-0.39, 0.29) is 18.2 Å². The number of amides is 1. The molecule has 1 aromatic carbocycles. The van der Waals surface area contributed by atoms with Crippen LogP contribution in [0.2, 0.25) is 0 Å². The zero-order valence-electron chi connectivity index (χ0n) is 12.6. The SMILES string of the molecule is Cc1ccc(C[C@H](NC(=O)OC(C)(C)C)[C@H]2CO2)cc1. The van der Waals surface area contributed by atoms with Crippen LogP contribution < -0.4 is 5.32 Å². The second kappa shape index (κ2) is 5.83. The first kappa shape index (κ1) is 14.9. The third-order valence-electron chi connectivity index (χ3n) is 3.09. The maximum Gasteiger partial charge on any atom is 0.407 e. The van der Waals surface area contributed by atoms with Gasteiger partial charge in [-0.2, -0.15) is 0 Å². The molecule has 0 spiro atoms. The summed E-state index contributed by atoms with van der Waals surface area (Å²) in [5.74, 6) is 0. The Hall–Kier alpha value is -1.55. The Kier molecular flexibility index (Phi) is 4.33. The number of hydrogen-bond donors (Lipinski definition) is 1. The molecule has 1 aliphatic rings. The third kappa shape index (κ3) is 4.85. The second-order valence-corrected chi connectivity index (χ2v) is 6.31. The number of carbonyl (C=O) groups excluding carboxylic acids is 1. The van der Waals surface area contributed by atoms with E-state index in [1.165, 1.54) is 11.1 Å². The number of benzene rings is 1. The van der Waals surface area contributed by atoms with Crippen molar-refractivity contribution < 1.29 is 14.3 Å². The Labute approximate surface area is 120 Å². The van der Waals surface area contributed by atoms with E-state index < -0.39 is 5.60 Å². The van der Waals surface area contributed by atoms with Crippen LogP contribution in [0.25, 0.3) is 0 Å². The number of hydrogen-bond acceptors (Lipinski definition) is 3. The number of alkyl carbamates (subject to hydrolysis) is 1. The zero-order chi connectivity index (χ0) is 14.8. The fraction of sp³-hybridized carbons (Fsp3) is 0.562. The van der Waals surface area contributed by atoms with Crippen LogP contribution in [-0.2, 0) is 15.9 Å². The Bertz CT molecular complexity index is 458. The predicted octanol–water partition coefficient (Wildman–Crippen LogP) is 2.83. The van der Waals surface area contributed by atoms with Crippen LogP contribution in [0, 0.1) is 6.92 Å². The summed E-state index contributed by atoms with van der Waals surface area (Å²) in [4.78, 5) is 11.9. The number of aryl methyl sites for hydroxylation is 1. The highest BCUT2D eigenvalue weighted by atomic mass is 16.6. The molecule has 0 aromatic heterocycles. The second-order valence-electron chi connectivity index (χ2n) is 6.31. The number of ether oxygens (including phenoxy) is 2. The molecule has 1 heterocycles. The van der Waals surface area contributed by atoms with E-state index in [4.69, 9.17) is 9.47 Å². The normalized spacial score (nSPS) is 19.3. The molecule has 1 fully saturated rings. The Morgan fingerprint density at radius 2 is 2.00 bits per heavy atom. The van der Waals surface area contributed by atoms with E-state index in [0.29, 0.717) is 6.61 Å². The van der Waals surface area contributed by atoms with Crippen molar-refractivity contribution in [1.82, 2.24) is 5.32 Å². The average molecular weight is 277 g/mol. The van der Waals surface area contributed by atoms with Gasteiger partial charge in [0.1, 0.15) is 11.7 Å². The Morgan fingerprint density at radius 1 is 1.40 bits per heavy atom. The van der Waals surface area contributed by atoms with Gasteiger partial charge in [-0.15, -0.1) is 0 Å². The molecule has 1 amide bonds. The molecule has 4 nitrogen and oxygen atoms in total.